The van der Waals surface area contributed by atoms with Gasteiger partial charge in [0.05, 0.1) is 6.54 Å². The highest BCUT2D eigenvalue weighted by atomic mass is 127. The number of rotatable bonds is 7. The van der Waals surface area contributed by atoms with Gasteiger partial charge in [0.2, 0.25) is 5.91 Å². The van der Waals surface area contributed by atoms with Gasteiger partial charge in [-0.15, -0.1) is 24.0 Å². The van der Waals surface area contributed by atoms with Crippen molar-refractivity contribution in [2.45, 2.75) is 50.6 Å². The van der Waals surface area contributed by atoms with Gasteiger partial charge >= 0.3 is 0 Å². The molecule has 1 heterocycles. The summed E-state index contributed by atoms with van der Waals surface area (Å²) in [5.74, 6) is 0.669. The van der Waals surface area contributed by atoms with E-state index in [1.807, 2.05) is 6.92 Å². The Bertz CT molecular complexity index is 722. The lowest BCUT2D eigenvalue weighted by Crippen LogP contribution is -2.50. The summed E-state index contributed by atoms with van der Waals surface area (Å²) in [7, 11) is 1.75. The Kier molecular flexibility index (Phi) is 10.1. The van der Waals surface area contributed by atoms with Gasteiger partial charge in [-0.25, -0.2) is 4.39 Å². The molecule has 2 fully saturated rings. The third kappa shape index (κ3) is 6.95. The van der Waals surface area contributed by atoms with E-state index in [0.29, 0.717) is 23.2 Å². The van der Waals surface area contributed by atoms with Crippen LogP contribution in [0.3, 0.4) is 0 Å². The Labute approximate surface area is 200 Å². The first-order valence-electron chi connectivity index (χ1n) is 10.4. The predicted molar refractivity (Wildman–Crippen MR) is 130 cm³/mol. The van der Waals surface area contributed by atoms with Crippen LogP contribution in [-0.4, -0.2) is 62.1 Å². The number of nitrogens with one attached hydrogen (secondary N) is 3. The van der Waals surface area contributed by atoms with Crippen LogP contribution in [0.5, 0.6) is 0 Å². The van der Waals surface area contributed by atoms with Gasteiger partial charge in [0.1, 0.15) is 5.82 Å². The molecule has 1 amide bonds. The van der Waals surface area contributed by atoms with Crippen LogP contribution in [0.1, 0.15) is 44.1 Å². The lowest BCUT2D eigenvalue weighted by atomic mass is 10.1. The van der Waals surface area contributed by atoms with Crippen LogP contribution in [-0.2, 0) is 4.79 Å². The predicted octanol–water partition coefficient (Wildman–Crippen LogP) is 3.11. The number of hydrogen-bond acceptors (Lipinski definition) is 3. The molecule has 9 heteroatoms. The number of amides is 1. The molecule has 0 bridgehead atoms. The lowest BCUT2D eigenvalue weighted by Gasteiger charge is -2.32. The van der Waals surface area contributed by atoms with Gasteiger partial charge in [-0.3, -0.25) is 14.7 Å². The second kappa shape index (κ2) is 12.0. The smallest absolute Gasteiger partial charge is 0.234 e. The Balaban J connectivity index is 0.00000320. The molecule has 1 aliphatic carbocycles. The van der Waals surface area contributed by atoms with Gasteiger partial charge in [-0.1, -0.05) is 24.6 Å². The fourth-order valence-corrected chi connectivity index (χ4v) is 4.14. The van der Waals surface area contributed by atoms with Crippen molar-refractivity contribution in [1.82, 2.24) is 20.9 Å². The first-order chi connectivity index (χ1) is 14.0. The molecule has 6 nitrogen and oxygen atoms in total. The van der Waals surface area contributed by atoms with Crippen LogP contribution in [0.15, 0.2) is 23.2 Å². The summed E-state index contributed by atoms with van der Waals surface area (Å²) >= 11 is 6.19. The fraction of sp³-hybridized carbons (Fsp3) is 0.619. The SMILES string of the molecule is CCCNC(=O)CN1CCC(NC(=NC)NC2CC2c2c(F)cccc2Cl)CC1.I. The molecule has 2 aliphatic rings. The topological polar surface area (TPSA) is 68.8 Å². The summed E-state index contributed by atoms with van der Waals surface area (Å²) in [5.41, 5.74) is 0.594. The minimum Gasteiger partial charge on any atom is -0.355 e. The van der Waals surface area contributed by atoms with E-state index in [4.69, 9.17) is 11.6 Å². The van der Waals surface area contributed by atoms with Crippen LogP contribution in [0.2, 0.25) is 5.02 Å². The van der Waals surface area contributed by atoms with Gasteiger partial charge in [0.25, 0.3) is 0 Å². The molecule has 1 saturated heterocycles. The van der Waals surface area contributed by atoms with E-state index < -0.39 is 0 Å². The number of benzene rings is 1. The molecule has 2 unspecified atom stereocenters. The fourth-order valence-electron chi connectivity index (χ4n) is 3.84. The summed E-state index contributed by atoms with van der Waals surface area (Å²) < 4.78 is 14.1. The number of guanidine groups is 1. The van der Waals surface area contributed by atoms with E-state index in [9.17, 15) is 9.18 Å². The molecule has 1 aliphatic heterocycles. The van der Waals surface area contributed by atoms with Gasteiger partial charge in [-0.2, -0.15) is 0 Å². The van der Waals surface area contributed by atoms with Crippen molar-refractivity contribution in [3.8, 4) is 0 Å². The van der Waals surface area contributed by atoms with Crippen LogP contribution in [0.4, 0.5) is 4.39 Å². The minimum absolute atomic E-state index is 0. The van der Waals surface area contributed by atoms with Crippen LogP contribution in [0.25, 0.3) is 0 Å². The Hall–Kier alpha value is -1.13. The highest BCUT2D eigenvalue weighted by Crippen LogP contribution is 2.44. The molecule has 0 spiro atoms. The number of carbonyl (C=O) groups is 1. The molecular weight excluding hydrogens is 520 g/mol. The average Bonchev–Trinajstić information content (AvgIpc) is 3.45. The van der Waals surface area contributed by atoms with E-state index in [1.165, 1.54) is 6.07 Å². The summed E-state index contributed by atoms with van der Waals surface area (Å²) in [6, 6.07) is 5.27. The average molecular weight is 552 g/mol. The molecule has 1 aromatic carbocycles. The largest absolute Gasteiger partial charge is 0.355 e. The van der Waals surface area contributed by atoms with E-state index in [0.717, 1.165) is 51.3 Å². The molecule has 3 N–H and O–H groups in total. The number of aliphatic imine (C=N–C) groups is 1. The standard InChI is InChI=1S/C21H31ClFN5O.HI/c1-3-9-25-19(29)13-28-10-7-14(8-11-28)26-21(24-2)27-18-12-15(18)20-16(22)5-4-6-17(20)23;/h4-6,14-15,18H,3,7-13H2,1-2H3,(H,25,29)(H2,24,26,27);1H. The second-order valence-corrected chi connectivity index (χ2v) is 8.25. The van der Waals surface area contributed by atoms with Crippen molar-refractivity contribution in [3.63, 3.8) is 0 Å². The second-order valence-electron chi connectivity index (χ2n) is 7.85. The van der Waals surface area contributed by atoms with Crippen molar-refractivity contribution >= 4 is 47.4 Å². The normalized spacial score (nSPS) is 22.2. The number of carbonyl (C=O) groups excluding carboxylic acids is 1. The zero-order valence-corrected chi connectivity index (χ0v) is 20.7. The molecule has 1 aromatic rings. The summed E-state index contributed by atoms with van der Waals surface area (Å²) in [5, 5.41) is 10.3. The van der Waals surface area contributed by atoms with Gasteiger partial charge < -0.3 is 16.0 Å². The monoisotopic (exact) mass is 551 g/mol. The van der Waals surface area contributed by atoms with Crippen molar-refractivity contribution in [1.29, 1.82) is 0 Å². The quantitative estimate of drug-likeness (QED) is 0.277. The van der Waals surface area contributed by atoms with E-state index in [1.54, 1.807) is 19.2 Å². The Morgan fingerprint density at radius 1 is 1.30 bits per heavy atom. The van der Waals surface area contributed by atoms with Crippen molar-refractivity contribution in [2.75, 3.05) is 33.2 Å². The van der Waals surface area contributed by atoms with Crippen LogP contribution in [0, 0.1) is 5.82 Å². The van der Waals surface area contributed by atoms with Crippen molar-refractivity contribution in [3.05, 3.63) is 34.6 Å². The minimum atomic E-state index is -0.245. The summed E-state index contributed by atoms with van der Waals surface area (Å²) in [4.78, 5) is 18.4. The highest BCUT2D eigenvalue weighted by Gasteiger charge is 2.42. The van der Waals surface area contributed by atoms with E-state index in [-0.39, 0.29) is 47.7 Å². The van der Waals surface area contributed by atoms with Crippen molar-refractivity contribution in [2.24, 2.45) is 4.99 Å². The van der Waals surface area contributed by atoms with Gasteiger partial charge in [-0.05, 0) is 37.8 Å². The first kappa shape index (κ1) is 25.1. The molecule has 168 valence electrons. The van der Waals surface area contributed by atoms with Crippen LogP contribution >= 0.6 is 35.6 Å². The van der Waals surface area contributed by atoms with Gasteiger partial charge in [0, 0.05) is 55.3 Å². The zero-order chi connectivity index (χ0) is 20.8. The maximum absolute atomic E-state index is 14.1. The molecule has 2 atom stereocenters. The van der Waals surface area contributed by atoms with Gasteiger partial charge in [0.15, 0.2) is 5.96 Å². The highest BCUT2D eigenvalue weighted by molar-refractivity contribution is 14.0. The Morgan fingerprint density at radius 3 is 2.67 bits per heavy atom. The third-order valence-corrected chi connectivity index (χ3v) is 5.90. The summed E-state index contributed by atoms with van der Waals surface area (Å²) in [6.45, 7) is 5.01. The number of piperidine rings is 1. The van der Waals surface area contributed by atoms with Crippen molar-refractivity contribution < 1.29 is 9.18 Å². The number of likely N-dealkylation sites (tertiary alicyclic amines) is 1. The molecule has 1 saturated carbocycles. The van der Waals surface area contributed by atoms with E-state index in [2.05, 4.69) is 25.8 Å². The number of halogens is 3. The van der Waals surface area contributed by atoms with E-state index >= 15 is 0 Å². The molecule has 3 rings (SSSR count). The third-order valence-electron chi connectivity index (χ3n) is 5.57. The maximum atomic E-state index is 14.1. The first-order valence-corrected chi connectivity index (χ1v) is 10.8. The zero-order valence-electron chi connectivity index (χ0n) is 17.6. The lowest BCUT2D eigenvalue weighted by molar-refractivity contribution is -0.122. The number of nitrogens with zero attached hydrogens (tertiary/aromatic N) is 2. The summed E-state index contributed by atoms with van der Waals surface area (Å²) in [6.07, 6.45) is 3.70. The number of hydrogen-bond donors (Lipinski definition) is 3. The maximum Gasteiger partial charge on any atom is 0.234 e. The molecule has 0 aromatic heterocycles. The molecule has 0 radical (unpaired) electrons. The molecular formula is C21H32ClFIN5O. The van der Waals surface area contributed by atoms with Crippen LogP contribution < -0.4 is 16.0 Å². The molecule has 30 heavy (non-hydrogen) atoms. The Morgan fingerprint density at radius 2 is 2.03 bits per heavy atom.